The summed E-state index contributed by atoms with van der Waals surface area (Å²) in [4.78, 5) is 32.1. The first-order chi connectivity index (χ1) is 16.5. The summed E-state index contributed by atoms with van der Waals surface area (Å²) in [7, 11) is 2.07. The number of carbonyl (C=O) groups is 2. The quantitative estimate of drug-likeness (QED) is 0.628. The van der Waals surface area contributed by atoms with Crippen LogP contribution in [0.1, 0.15) is 24.8 Å². The Morgan fingerprint density at radius 1 is 0.912 bits per heavy atom. The van der Waals surface area contributed by atoms with Crippen molar-refractivity contribution in [3.8, 4) is 5.75 Å². The normalized spacial score (nSPS) is 21.4. The van der Waals surface area contributed by atoms with Crippen molar-refractivity contribution in [2.75, 3.05) is 46.3 Å². The first kappa shape index (κ1) is 24.2. The molecule has 2 aliphatic rings. The van der Waals surface area contributed by atoms with Crippen molar-refractivity contribution in [2.45, 2.75) is 31.8 Å². The number of likely N-dealkylation sites (N-methyl/N-ethyl adjacent to an activating group) is 1. The average molecular weight is 468 g/mol. The Bertz CT molecular complexity index is 963. The fourth-order valence-corrected chi connectivity index (χ4v) is 4.77. The number of hydrogen-bond acceptors (Lipinski definition) is 4. The van der Waals surface area contributed by atoms with Gasteiger partial charge in [-0.25, -0.2) is 4.39 Å². The van der Waals surface area contributed by atoms with Gasteiger partial charge in [-0.05, 0) is 37.2 Å². The van der Waals surface area contributed by atoms with Crippen LogP contribution in [0.5, 0.6) is 5.75 Å². The summed E-state index contributed by atoms with van der Waals surface area (Å²) >= 11 is 0. The number of benzene rings is 2. The van der Waals surface area contributed by atoms with Gasteiger partial charge >= 0.3 is 0 Å². The Balaban J connectivity index is 1.40. The first-order valence-corrected chi connectivity index (χ1v) is 12.2. The lowest BCUT2D eigenvalue weighted by Crippen LogP contribution is -2.51. The molecule has 2 atom stereocenters. The second kappa shape index (κ2) is 11.5. The summed E-state index contributed by atoms with van der Waals surface area (Å²) < 4.78 is 20.2. The third-order valence-electron chi connectivity index (χ3n) is 6.91. The topological polar surface area (TPSA) is 53.1 Å². The second-order valence-electron chi connectivity index (χ2n) is 9.34. The molecule has 2 aliphatic heterocycles. The molecule has 182 valence electrons. The molecule has 0 bridgehead atoms. The van der Waals surface area contributed by atoms with Crippen LogP contribution in [-0.4, -0.2) is 78.9 Å². The molecular weight excluding hydrogens is 433 g/mol. The largest absolute Gasteiger partial charge is 0.490 e. The number of ether oxygens (including phenoxy) is 1. The van der Waals surface area contributed by atoms with Gasteiger partial charge in [-0.1, -0.05) is 36.4 Å². The maximum atomic E-state index is 14.0. The van der Waals surface area contributed by atoms with Gasteiger partial charge < -0.3 is 19.4 Å². The maximum absolute atomic E-state index is 14.0. The summed E-state index contributed by atoms with van der Waals surface area (Å²) in [6.07, 6.45) is 1.52. The van der Waals surface area contributed by atoms with Crippen LogP contribution in [0.15, 0.2) is 54.6 Å². The number of hydrogen-bond donors (Lipinski definition) is 0. The number of carbonyl (C=O) groups excluding carboxylic acids is 2. The highest BCUT2D eigenvalue weighted by Gasteiger charge is 2.35. The number of amides is 2. The maximum Gasteiger partial charge on any atom is 0.223 e. The highest BCUT2D eigenvalue weighted by atomic mass is 19.1. The molecule has 2 heterocycles. The third-order valence-corrected chi connectivity index (χ3v) is 6.91. The van der Waals surface area contributed by atoms with Gasteiger partial charge in [0, 0.05) is 64.4 Å². The van der Waals surface area contributed by atoms with E-state index in [2.05, 4.69) is 11.9 Å². The van der Waals surface area contributed by atoms with Gasteiger partial charge in [0.05, 0.1) is 0 Å². The Hall–Kier alpha value is -2.93. The molecule has 0 radical (unpaired) electrons. The van der Waals surface area contributed by atoms with Crippen LogP contribution in [0.2, 0.25) is 0 Å². The predicted octanol–water partition coefficient (Wildman–Crippen LogP) is 3.22. The highest BCUT2D eigenvalue weighted by molar-refractivity contribution is 5.78. The van der Waals surface area contributed by atoms with Gasteiger partial charge in [0.2, 0.25) is 11.8 Å². The van der Waals surface area contributed by atoms with Gasteiger partial charge in [0.25, 0.3) is 0 Å². The Morgan fingerprint density at radius 3 is 2.35 bits per heavy atom. The molecule has 0 aromatic heterocycles. The van der Waals surface area contributed by atoms with E-state index < -0.39 is 0 Å². The molecule has 0 N–H and O–H groups in total. The number of halogens is 1. The molecule has 0 saturated carbocycles. The zero-order chi connectivity index (χ0) is 23.9. The van der Waals surface area contributed by atoms with Crippen LogP contribution in [0.3, 0.4) is 0 Å². The summed E-state index contributed by atoms with van der Waals surface area (Å²) in [5.41, 5.74) is 0.556. The number of piperidine rings is 1. The molecule has 0 aliphatic carbocycles. The van der Waals surface area contributed by atoms with E-state index in [-0.39, 0.29) is 36.1 Å². The number of aryl methyl sites for hydroxylation is 1. The molecule has 2 aromatic rings. The zero-order valence-electron chi connectivity index (χ0n) is 19.9. The average Bonchev–Trinajstić information content (AvgIpc) is 2.85. The SMILES string of the molecule is CN1CCN(C(=O)C[C@H]2CN(C(=O)CCc3ccccc3F)CC[C@@H]2Oc2ccccc2)CC1. The number of para-hydroxylation sites is 1. The standard InChI is InChI=1S/C27H34FN3O3/c1-29-15-17-30(18-16-29)27(33)19-22-20-31(14-13-25(22)34-23-8-3-2-4-9-23)26(32)12-11-21-7-5-6-10-24(21)28/h2-10,22,25H,11-20H2,1H3/t22-,25-/m0/s1. The van der Waals surface area contributed by atoms with Crippen LogP contribution < -0.4 is 4.74 Å². The van der Waals surface area contributed by atoms with E-state index in [0.29, 0.717) is 37.9 Å². The minimum atomic E-state index is -0.277. The minimum Gasteiger partial charge on any atom is -0.490 e. The fourth-order valence-electron chi connectivity index (χ4n) is 4.77. The number of rotatable bonds is 7. The molecule has 2 fully saturated rings. The van der Waals surface area contributed by atoms with Crippen molar-refractivity contribution in [3.63, 3.8) is 0 Å². The summed E-state index contributed by atoms with van der Waals surface area (Å²) in [6, 6.07) is 16.2. The van der Waals surface area contributed by atoms with Gasteiger partial charge in [-0.3, -0.25) is 9.59 Å². The summed E-state index contributed by atoms with van der Waals surface area (Å²) in [5, 5.41) is 0. The molecule has 0 unspecified atom stereocenters. The monoisotopic (exact) mass is 467 g/mol. The third kappa shape index (κ3) is 6.35. The van der Waals surface area contributed by atoms with Crippen LogP contribution in [0, 0.1) is 11.7 Å². The summed E-state index contributed by atoms with van der Waals surface area (Å²) in [5.74, 6) is 0.544. The lowest BCUT2D eigenvalue weighted by Gasteiger charge is -2.40. The van der Waals surface area contributed by atoms with Crippen LogP contribution in [0.4, 0.5) is 4.39 Å². The van der Waals surface area contributed by atoms with E-state index in [0.717, 1.165) is 31.9 Å². The second-order valence-corrected chi connectivity index (χ2v) is 9.34. The van der Waals surface area contributed by atoms with Crippen LogP contribution in [-0.2, 0) is 16.0 Å². The van der Waals surface area contributed by atoms with E-state index in [4.69, 9.17) is 4.74 Å². The van der Waals surface area contributed by atoms with Crippen molar-refractivity contribution in [1.82, 2.24) is 14.7 Å². The molecule has 2 aromatic carbocycles. The van der Waals surface area contributed by atoms with Crippen molar-refractivity contribution in [1.29, 1.82) is 0 Å². The van der Waals surface area contributed by atoms with E-state index in [9.17, 15) is 14.0 Å². The molecule has 4 rings (SSSR count). The van der Waals surface area contributed by atoms with E-state index >= 15 is 0 Å². The molecule has 6 nitrogen and oxygen atoms in total. The molecular formula is C27H34FN3O3. The van der Waals surface area contributed by atoms with Gasteiger partial charge in [0.1, 0.15) is 17.7 Å². The number of nitrogens with zero attached hydrogens (tertiary/aromatic N) is 3. The molecule has 2 amide bonds. The number of piperazine rings is 1. The Morgan fingerprint density at radius 2 is 1.62 bits per heavy atom. The molecule has 7 heteroatoms. The first-order valence-electron chi connectivity index (χ1n) is 12.2. The van der Waals surface area contributed by atoms with Crippen molar-refractivity contribution in [3.05, 3.63) is 66.0 Å². The lowest BCUT2D eigenvalue weighted by molar-refractivity contribution is -0.140. The van der Waals surface area contributed by atoms with Gasteiger partial charge in [-0.2, -0.15) is 0 Å². The van der Waals surface area contributed by atoms with Crippen molar-refractivity contribution < 1.29 is 18.7 Å². The molecule has 0 spiro atoms. The molecule has 34 heavy (non-hydrogen) atoms. The Labute approximate surface area is 201 Å². The predicted molar refractivity (Wildman–Crippen MR) is 129 cm³/mol. The summed E-state index contributed by atoms with van der Waals surface area (Å²) in [6.45, 7) is 4.27. The Kier molecular flexibility index (Phi) is 8.16. The van der Waals surface area contributed by atoms with Crippen molar-refractivity contribution in [2.24, 2.45) is 5.92 Å². The zero-order valence-corrected chi connectivity index (χ0v) is 19.9. The highest BCUT2D eigenvalue weighted by Crippen LogP contribution is 2.27. The van der Waals surface area contributed by atoms with Crippen LogP contribution >= 0.6 is 0 Å². The smallest absolute Gasteiger partial charge is 0.223 e. The van der Waals surface area contributed by atoms with Crippen LogP contribution in [0.25, 0.3) is 0 Å². The fraction of sp³-hybridized carbons (Fsp3) is 0.481. The lowest BCUT2D eigenvalue weighted by atomic mass is 9.90. The molecule has 2 saturated heterocycles. The van der Waals surface area contributed by atoms with Gasteiger partial charge in [0.15, 0.2) is 0 Å². The number of likely N-dealkylation sites (tertiary alicyclic amines) is 1. The van der Waals surface area contributed by atoms with Crippen molar-refractivity contribution >= 4 is 11.8 Å². The van der Waals surface area contributed by atoms with Gasteiger partial charge in [-0.15, -0.1) is 0 Å². The van der Waals surface area contributed by atoms with E-state index in [1.807, 2.05) is 40.1 Å². The minimum absolute atomic E-state index is 0.00143. The van der Waals surface area contributed by atoms with E-state index in [1.165, 1.54) is 6.07 Å². The van der Waals surface area contributed by atoms with E-state index in [1.54, 1.807) is 18.2 Å².